The van der Waals surface area contributed by atoms with Gasteiger partial charge < -0.3 is 14.2 Å². The fourth-order valence-corrected chi connectivity index (χ4v) is 5.26. The monoisotopic (exact) mass is 417 g/mol. The Morgan fingerprint density at radius 3 is 3.10 bits per heavy atom. The number of benzene rings is 2. The van der Waals surface area contributed by atoms with Gasteiger partial charge in [-0.1, -0.05) is 23.8 Å². The first-order valence-corrected chi connectivity index (χ1v) is 11.1. The maximum absolute atomic E-state index is 12.6. The Morgan fingerprint density at radius 1 is 1.32 bits per heavy atom. The molecule has 0 radical (unpaired) electrons. The van der Waals surface area contributed by atoms with Crippen LogP contribution in [0.15, 0.2) is 47.6 Å². The molecule has 0 saturated heterocycles. The van der Waals surface area contributed by atoms with Crippen molar-refractivity contribution in [1.29, 1.82) is 0 Å². The molecule has 2 atom stereocenters. The summed E-state index contributed by atoms with van der Waals surface area (Å²) in [4.78, 5) is 14.0. The summed E-state index contributed by atoms with van der Waals surface area (Å²) in [6.07, 6.45) is 5.12. The number of ether oxygens (including phenoxy) is 1. The quantitative estimate of drug-likeness (QED) is 0.495. The van der Waals surface area contributed by atoms with E-state index < -0.39 is 0 Å². The number of quaternary nitrogens is 1. The molecule has 1 aliphatic heterocycles. The highest BCUT2D eigenvalue weighted by molar-refractivity contribution is 5.87. The number of aromatic nitrogens is 1. The number of amides is 1. The van der Waals surface area contributed by atoms with E-state index in [0.717, 1.165) is 37.2 Å². The number of aryl methyl sites for hydroxylation is 2. The number of hydrazone groups is 1. The van der Waals surface area contributed by atoms with Crippen LogP contribution < -0.4 is 15.1 Å². The fourth-order valence-electron chi connectivity index (χ4n) is 5.26. The molecule has 2 aromatic carbocycles. The van der Waals surface area contributed by atoms with Gasteiger partial charge in [-0.2, -0.15) is 5.10 Å². The van der Waals surface area contributed by atoms with Crippen LogP contribution in [0.25, 0.3) is 10.9 Å². The van der Waals surface area contributed by atoms with Crippen molar-refractivity contribution >= 4 is 23.0 Å². The lowest BCUT2D eigenvalue weighted by Gasteiger charge is -2.36. The van der Waals surface area contributed by atoms with Crippen LogP contribution in [0.2, 0.25) is 0 Å². The predicted molar refractivity (Wildman–Crippen MR) is 122 cm³/mol. The van der Waals surface area contributed by atoms with Gasteiger partial charge in [0.2, 0.25) is 0 Å². The van der Waals surface area contributed by atoms with E-state index in [1.54, 1.807) is 13.3 Å². The van der Waals surface area contributed by atoms with E-state index in [9.17, 15) is 4.79 Å². The molecule has 2 N–H and O–H groups in total. The van der Waals surface area contributed by atoms with Crippen molar-refractivity contribution in [2.75, 3.05) is 20.2 Å². The first kappa shape index (κ1) is 19.8. The van der Waals surface area contributed by atoms with E-state index in [1.165, 1.54) is 39.0 Å². The zero-order valence-electron chi connectivity index (χ0n) is 18.1. The summed E-state index contributed by atoms with van der Waals surface area (Å²) in [5.74, 6) is 0.730. The molecule has 1 amide bonds. The Balaban J connectivity index is 1.31. The van der Waals surface area contributed by atoms with Crippen molar-refractivity contribution in [2.45, 2.75) is 38.8 Å². The van der Waals surface area contributed by atoms with Crippen LogP contribution >= 0.6 is 0 Å². The lowest BCUT2D eigenvalue weighted by Crippen LogP contribution is -3.14. The molecule has 6 heteroatoms. The number of fused-ring (bicyclic) bond motifs is 3. The number of nitrogens with zero attached hydrogens (tertiary/aromatic N) is 2. The summed E-state index contributed by atoms with van der Waals surface area (Å²) < 4.78 is 7.73. The molecule has 1 aliphatic carbocycles. The second-order valence-electron chi connectivity index (χ2n) is 8.64. The summed E-state index contributed by atoms with van der Waals surface area (Å²) in [5.41, 5.74) is 9.23. The number of methoxy groups -OCH3 is 1. The zero-order valence-corrected chi connectivity index (χ0v) is 18.1. The Kier molecular flexibility index (Phi) is 5.24. The normalized spacial score (nSPS) is 20.1. The SMILES string of the molecule is COc1cccc(C=NNC(=O)C[NH+]2CCn3c4c(c5cc(C)ccc53)CCC[C@H]42)c1. The minimum absolute atomic E-state index is 0.0401. The van der Waals surface area contributed by atoms with E-state index in [2.05, 4.69) is 40.2 Å². The minimum Gasteiger partial charge on any atom is -0.497 e. The van der Waals surface area contributed by atoms with Crippen LogP contribution in [0.1, 0.15) is 41.3 Å². The highest BCUT2D eigenvalue weighted by Crippen LogP contribution is 2.37. The van der Waals surface area contributed by atoms with Gasteiger partial charge in [0.1, 0.15) is 11.8 Å². The number of nitrogens with one attached hydrogen (secondary N) is 2. The average Bonchev–Trinajstić information content (AvgIpc) is 3.10. The molecule has 0 saturated carbocycles. The molecule has 0 bridgehead atoms. The smallest absolute Gasteiger partial charge is 0.295 e. The third-order valence-corrected chi connectivity index (χ3v) is 6.65. The molecular formula is C25H29N4O2+. The minimum atomic E-state index is -0.0401. The predicted octanol–water partition coefficient (Wildman–Crippen LogP) is 2.38. The summed E-state index contributed by atoms with van der Waals surface area (Å²) in [5, 5.41) is 5.57. The summed E-state index contributed by atoms with van der Waals surface area (Å²) in [6, 6.07) is 14.8. The van der Waals surface area contributed by atoms with E-state index in [0.29, 0.717) is 12.6 Å². The van der Waals surface area contributed by atoms with Crippen LogP contribution in [0.5, 0.6) is 5.75 Å². The third-order valence-electron chi connectivity index (χ3n) is 6.65. The molecule has 160 valence electrons. The maximum atomic E-state index is 12.6. The van der Waals surface area contributed by atoms with Crippen molar-refractivity contribution < 1.29 is 14.4 Å². The topological polar surface area (TPSA) is 60.1 Å². The molecule has 0 spiro atoms. The van der Waals surface area contributed by atoms with Crippen molar-refractivity contribution in [1.82, 2.24) is 9.99 Å². The lowest BCUT2D eigenvalue weighted by atomic mass is 9.89. The number of carbonyl (C=O) groups excluding carboxylic acids is 1. The summed E-state index contributed by atoms with van der Waals surface area (Å²) in [7, 11) is 1.64. The van der Waals surface area contributed by atoms with Gasteiger partial charge in [0, 0.05) is 17.3 Å². The third kappa shape index (κ3) is 3.72. The summed E-state index contributed by atoms with van der Waals surface area (Å²) in [6.45, 7) is 4.53. The molecule has 2 heterocycles. The van der Waals surface area contributed by atoms with Crippen molar-refractivity contribution in [3.05, 3.63) is 64.8 Å². The maximum Gasteiger partial charge on any atom is 0.295 e. The van der Waals surface area contributed by atoms with E-state index in [4.69, 9.17) is 4.74 Å². The Morgan fingerprint density at radius 2 is 2.23 bits per heavy atom. The molecule has 3 aromatic rings. The van der Waals surface area contributed by atoms with Gasteiger partial charge >= 0.3 is 0 Å². The molecule has 0 fully saturated rings. The van der Waals surface area contributed by atoms with Crippen LogP contribution in [0.3, 0.4) is 0 Å². The van der Waals surface area contributed by atoms with Crippen LogP contribution in [0.4, 0.5) is 0 Å². The lowest BCUT2D eigenvalue weighted by molar-refractivity contribution is -0.929. The van der Waals surface area contributed by atoms with E-state index in [1.807, 2.05) is 24.3 Å². The van der Waals surface area contributed by atoms with E-state index >= 15 is 0 Å². The molecular weight excluding hydrogens is 388 g/mol. The number of hydrogen-bond acceptors (Lipinski definition) is 3. The zero-order chi connectivity index (χ0) is 21.4. The van der Waals surface area contributed by atoms with Gasteiger partial charge in [0.05, 0.1) is 32.1 Å². The van der Waals surface area contributed by atoms with Gasteiger partial charge in [-0.25, -0.2) is 5.43 Å². The van der Waals surface area contributed by atoms with Gasteiger partial charge in [-0.3, -0.25) is 4.79 Å². The largest absolute Gasteiger partial charge is 0.497 e. The van der Waals surface area contributed by atoms with Crippen molar-refractivity contribution in [3.8, 4) is 5.75 Å². The highest BCUT2D eigenvalue weighted by Gasteiger charge is 2.38. The highest BCUT2D eigenvalue weighted by atomic mass is 16.5. The first-order chi connectivity index (χ1) is 15.1. The van der Waals surface area contributed by atoms with Gasteiger partial charge in [-0.05, 0) is 55.2 Å². The summed E-state index contributed by atoms with van der Waals surface area (Å²) >= 11 is 0. The fraction of sp³-hybridized carbons (Fsp3) is 0.360. The van der Waals surface area contributed by atoms with Crippen LogP contribution in [-0.4, -0.2) is 36.9 Å². The first-order valence-electron chi connectivity index (χ1n) is 11.1. The average molecular weight is 418 g/mol. The van der Waals surface area contributed by atoms with Crippen molar-refractivity contribution in [3.63, 3.8) is 0 Å². The molecule has 6 nitrogen and oxygen atoms in total. The van der Waals surface area contributed by atoms with Gasteiger partial charge in [0.15, 0.2) is 6.54 Å². The molecule has 2 aliphatic rings. The van der Waals surface area contributed by atoms with Gasteiger partial charge in [-0.15, -0.1) is 0 Å². The van der Waals surface area contributed by atoms with Crippen molar-refractivity contribution in [2.24, 2.45) is 5.10 Å². The number of carbonyl (C=O) groups is 1. The molecule has 31 heavy (non-hydrogen) atoms. The Bertz CT molecular complexity index is 1160. The second-order valence-corrected chi connectivity index (χ2v) is 8.64. The number of hydrogen-bond donors (Lipinski definition) is 2. The molecule has 1 unspecified atom stereocenters. The van der Waals surface area contributed by atoms with Crippen LogP contribution in [0, 0.1) is 6.92 Å². The standard InChI is InChI=1S/C25H28N4O2/c1-17-9-10-22-21(13-17)20-7-4-8-23-25(20)29(22)12-11-28(23)16-24(30)27-26-15-18-5-3-6-19(14-18)31-2/h3,5-6,9-10,13-15,23H,4,7-8,11-12,16H2,1-2H3,(H,27,30)/p+1/t23-/m1/s1. The molecule has 1 aromatic heterocycles. The number of rotatable bonds is 5. The van der Waals surface area contributed by atoms with Crippen LogP contribution in [-0.2, 0) is 17.8 Å². The Labute approximate surface area is 182 Å². The van der Waals surface area contributed by atoms with E-state index in [-0.39, 0.29) is 5.91 Å². The molecule has 5 rings (SSSR count). The Hall–Kier alpha value is -3.12. The second kappa shape index (κ2) is 8.19. The van der Waals surface area contributed by atoms with Gasteiger partial charge in [0.25, 0.3) is 5.91 Å².